The van der Waals surface area contributed by atoms with E-state index in [1.165, 1.54) is 38.5 Å². The molecule has 0 aliphatic carbocycles. The number of likely N-dealkylation sites (tertiary alicyclic amines) is 1. The quantitative estimate of drug-likeness (QED) is 0.594. The first-order valence-corrected chi connectivity index (χ1v) is 8.72. The van der Waals surface area contributed by atoms with Gasteiger partial charge in [0.25, 0.3) is 0 Å². The van der Waals surface area contributed by atoms with Crippen molar-refractivity contribution >= 4 is 11.8 Å². The summed E-state index contributed by atoms with van der Waals surface area (Å²) in [5.41, 5.74) is 5.44. The monoisotopic (exact) mass is 296 g/mol. The Kier molecular flexibility index (Phi) is 8.40. The Morgan fingerprint density at radius 1 is 1.19 bits per heavy atom. The minimum atomic E-state index is -0.408. The molecule has 2 atom stereocenters. The number of unbranched alkanes of at least 4 members (excludes halogenated alkanes) is 6. The van der Waals surface area contributed by atoms with E-state index in [9.17, 15) is 9.59 Å². The molecule has 4 nitrogen and oxygen atoms in total. The highest BCUT2D eigenvalue weighted by Gasteiger charge is 2.37. The zero-order valence-electron chi connectivity index (χ0n) is 13.8. The molecule has 21 heavy (non-hydrogen) atoms. The van der Waals surface area contributed by atoms with E-state index in [2.05, 4.69) is 6.92 Å². The van der Waals surface area contributed by atoms with Gasteiger partial charge in [0.2, 0.25) is 11.8 Å². The molecule has 1 aliphatic rings. The Bertz CT molecular complexity index is 331. The number of nitrogens with two attached hydrogens (primary N) is 1. The van der Waals surface area contributed by atoms with Gasteiger partial charge in [0.15, 0.2) is 0 Å². The molecule has 0 aromatic heterocycles. The van der Waals surface area contributed by atoms with Gasteiger partial charge < -0.3 is 10.6 Å². The lowest BCUT2D eigenvalue weighted by atomic mass is 10.0. The summed E-state index contributed by atoms with van der Waals surface area (Å²) in [6.07, 6.45) is 12.0. The van der Waals surface area contributed by atoms with Gasteiger partial charge in [-0.1, -0.05) is 58.8 Å². The lowest BCUT2D eigenvalue weighted by molar-refractivity contribution is -0.138. The molecule has 0 aromatic rings. The van der Waals surface area contributed by atoms with Gasteiger partial charge in [-0.3, -0.25) is 9.59 Å². The van der Waals surface area contributed by atoms with Gasteiger partial charge in [-0.2, -0.15) is 0 Å². The highest BCUT2D eigenvalue weighted by molar-refractivity contribution is 5.87. The van der Waals surface area contributed by atoms with Crippen LogP contribution in [0.25, 0.3) is 0 Å². The first-order valence-electron chi connectivity index (χ1n) is 8.72. The smallest absolute Gasteiger partial charge is 0.240 e. The van der Waals surface area contributed by atoms with Crippen LogP contribution in [-0.2, 0) is 9.59 Å². The zero-order chi connectivity index (χ0) is 15.7. The SMILES string of the molecule is CCCCCCCCCC1CCC(=O)N1[C@@H](CC)C(N)=O. The fraction of sp³-hybridized carbons (Fsp3) is 0.882. The molecular weight excluding hydrogens is 264 g/mol. The summed E-state index contributed by atoms with van der Waals surface area (Å²) in [6, 6.07) is -0.180. The van der Waals surface area contributed by atoms with Crippen molar-refractivity contribution in [3.63, 3.8) is 0 Å². The third kappa shape index (κ3) is 5.68. The Morgan fingerprint density at radius 2 is 1.81 bits per heavy atom. The molecule has 1 heterocycles. The third-order valence-electron chi connectivity index (χ3n) is 4.56. The van der Waals surface area contributed by atoms with E-state index in [-0.39, 0.29) is 17.9 Å². The maximum Gasteiger partial charge on any atom is 0.240 e. The van der Waals surface area contributed by atoms with Crippen LogP contribution in [0.3, 0.4) is 0 Å². The summed E-state index contributed by atoms with van der Waals surface area (Å²) < 4.78 is 0. The summed E-state index contributed by atoms with van der Waals surface area (Å²) in [5.74, 6) is -0.258. The van der Waals surface area contributed by atoms with Crippen molar-refractivity contribution in [3.05, 3.63) is 0 Å². The van der Waals surface area contributed by atoms with Gasteiger partial charge >= 0.3 is 0 Å². The van der Waals surface area contributed by atoms with Gasteiger partial charge in [0, 0.05) is 12.5 Å². The summed E-state index contributed by atoms with van der Waals surface area (Å²) >= 11 is 0. The molecule has 122 valence electrons. The molecule has 2 amide bonds. The average Bonchev–Trinajstić information content (AvgIpc) is 2.80. The summed E-state index contributed by atoms with van der Waals surface area (Å²) in [5, 5.41) is 0. The summed E-state index contributed by atoms with van der Waals surface area (Å²) in [7, 11) is 0. The Labute approximate surface area is 129 Å². The second kappa shape index (κ2) is 9.80. The number of carbonyl (C=O) groups excluding carboxylic acids is 2. The number of hydrogen-bond acceptors (Lipinski definition) is 2. The Hall–Kier alpha value is -1.06. The number of nitrogens with zero attached hydrogens (tertiary/aromatic N) is 1. The third-order valence-corrected chi connectivity index (χ3v) is 4.56. The van der Waals surface area contributed by atoms with Crippen LogP contribution in [0.2, 0.25) is 0 Å². The zero-order valence-corrected chi connectivity index (χ0v) is 13.8. The molecule has 0 saturated carbocycles. The first-order chi connectivity index (χ1) is 10.1. The molecule has 1 aliphatic heterocycles. The maximum atomic E-state index is 12.0. The van der Waals surface area contributed by atoms with Crippen molar-refractivity contribution in [2.45, 2.75) is 96.6 Å². The predicted molar refractivity (Wildman–Crippen MR) is 85.8 cm³/mol. The highest BCUT2D eigenvalue weighted by atomic mass is 16.2. The summed E-state index contributed by atoms with van der Waals surface area (Å²) in [6.45, 7) is 4.15. The van der Waals surface area contributed by atoms with Crippen molar-refractivity contribution in [2.75, 3.05) is 0 Å². The van der Waals surface area contributed by atoms with Crippen molar-refractivity contribution < 1.29 is 9.59 Å². The molecule has 1 rings (SSSR count). The lowest BCUT2D eigenvalue weighted by Crippen LogP contribution is -2.48. The van der Waals surface area contributed by atoms with Crippen LogP contribution >= 0.6 is 0 Å². The first kappa shape index (κ1) is 18.0. The van der Waals surface area contributed by atoms with Gasteiger partial charge in [-0.15, -0.1) is 0 Å². The Morgan fingerprint density at radius 3 is 2.38 bits per heavy atom. The molecule has 2 N–H and O–H groups in total. The average molecular weight is 296 g/mol. The van der Waals surface area contributed by atoms with Crippen molar-refractivity contribution in [1.29, 1.82) is 0 Å². The highest BCUT2D eigenvalue weighted by Crippen LogP contribution is 2.27. The molecule has 0 radical (unpaired) electrons. The second-order valence-electron chi connectivity index (χ2n) is 6.23. The molecule has 0 aromatic carbocycles. The van der Waals surface area contributed by atoms with E-state index in [1.54, 1.807) is 4.90 Å². The number of carbonyl (C=O) groups is 2. The molecule has 1 saturated heterocycles. The van der Waals surface area contributed by atoms with Crippen LogP contribution < -0.4 is 5.73 Å². The predicted octanol–water partition coefficient (Wildman–Crippen LogP) is 3.38. The molecule has 0 spiro atoms. The van der Waals surface area contributed by atoms with E-state index >= 15 is 0 Å². The molecule has 1 fully saturated rings. The fourth-order valence-corrected chi connectivity index (χ4v) is 3.35. The van der Waals surface area contributed by atoms with Crippen molar-refractivity contribution in [1.82, 2.24) is 4.90 Å². The van der Waals surface area contributed by atoms with E-state index in [0.29, 0.717) is 12.8 Å². The van der Waals surface area contributed by atoms with E-state index < -0.39 is 6.04 Å². The minimum Gasteiger partial charge on any atom is -0.368 e. The number of amides is 2. The van der Waals surface area contributed by atoms with Gasteiger partial charge in [-0.05, 0) is 19.3 Å². The number of rotatable bonds is 11. The van der Waals surface area contributed by atoms with Gasteiger partial charge in [0.1, 0.15) is 6.04 Å². The van der Waals surface area contributed by atoms with Crippen LogP contribution in [0.5, 0.6) is 0 Å². The number of primary amides is 1. The lowest BCUT2D eigenvalue weighted by Gasteiger charge is -2.30. The fourth-order valence-electron chi connectivity index (χ4n) is 3.35. The van der Waals surface area contributed by atoms with Crippen molar-refractivity contribution in [3.8, 4) is 0 Å². The van der Waals surface area contributed by atoms with Crippen LogP contribution in [-0.4, -0.2) is 28.8 Å². The van der Waals surface area contributed by atoms with Crippen LogP contribution in [0.15, 0.2) is 0 Å². The molecule has 1 unspecified atom stereocenters. The summed E-state index contributed by atoms with van der Waals surface area (Å²) in [4.78, 5) is 25.3. The second-order valence-corrected chi connectivity index (χ2v) is 6.23. The van der Waals surface area contributed by atoms with Gasteiger partial charge in [-0.25, -0.2) is 0 Å². The van der Waals surface area contributed by atoms with Crippen molar-refractivity contribution in [2.24, 2.45) is 5.73 Å². The van der Waals surface area contributed by atoms with E-state index in [1.807, 2.05) is 6.92 Å². The molecule has 4 heteroatoms. The maximum absolute atomic E-state index is 12.0. The minimum absolute atomic E-state index is 0.105. The normalized spacial score (nSPS) is 20.0. The van der Waals surface area contributed by atoms with Crippen LogP contribution in [0.1, 0.15) is 84.5 Å². The van der Waals surface area contributed by atoms with E-state index in [0.717, 1.165) is 19.3 Å². The van der Waals surface area contributed by atoms with Crippen LogP contribution in [0, 0.1) is 0 Å². The largest absolute Gasteiger partial charge is 0.368 e. The standard InChI is InChI=1S/C17H32N2O2/c1-3-5-6-7-8-9-10-11-14-12-13-16(20)19(14)15(4-2)17(18)21/h14-15H,3-13H2,1-2H3,(H2,18,21)/t14?,15-/m0/s1. The van der Waals surface area contributed by atoms with E-state index in [4.69, 9.17) is 5.73 Å². The Balaban J connectivity index is 2.32. The molecular formula is C17H32N2O2. The number of hydrogen-bond donors (Lipinski definition) is 1. The topological polar surface area (TPSA) is 63.4 Å². The molecule has 0 bridgehead atoms. The van der Waals surface area contributed by atoms with Gasteiger partial charge in [0.05, 0.1) is 0 Å². The van der Waals surface area contributed by atoms with Crippen LogP contribution in [0.4, 0.5) is 0 Å².